The number of rotatable bonds is 5. The summed E-state index contributed by atoms with van der Waals surface area (Å²) in [5.74, 6) is 0.0658. The lowest BCUT2D eigenvalue weighted by Crippen LogP contribution is -2.28. The molecule has 1 saturated heterocycles. The van der Waals surface area contributed by atoms with Gasteiger partial charge < -0.3 is 10.2 Å². The Balaban J connectivity index is 1.36. The number of aromatic nitrogens is 4. The van der Waals surface area contributed by atoms with Crippen LogP contribution in [-0.2, 0) is 16.1 Å². The molecule has 4 heterocycles. The van der Waals surface area contributed by atoms with Crippen molar-refractivity contribution in [2.24, 2.45) is 5.92 Å². The van der Waals surface area contributed by atoms with E-state index in [9.17, 15) is 9.59 Å². The Morgan fingerprint density at radius 2 is 2.07 bits per heavy atom. The second-order valence-corrected chi connectivity index (χ2v) is 6.34. The molecule has 1 aliphatic heterocycles. The van der Waals surface area contributed by atoms with Crippen molar-refractivity contribution in [2.45, 2.75) is 13.0 Å². The summed E-state index contributed by atoms with van der Waals surface area (Å²) in [6.45, 7) is 0.809. The van der Waals surface area contributed by atoms with E-state index in [1.807, 2.05) is 24.3 Å². The van der Waals surface area contributed by atoms with Crippen LogP contribution in [0.15, 0.2) is 61.2 Å². The van der Waals surface area contributed by atoms with Gasteiger partial charge in [0.25, 0.3) is 0 Å². The molecule has 3 aromatic heterocycles. The summed E-state index contributed by atoms with van der Waals surface area (Å²) in [5, 5.41) is 6.95. The predicted octanol–water partition coefficient (Wildman–Crippen LogP) is 1.65. The van der Waals surface area contributed by atoms with E-state index in [-0.39, 0.29) is 24.2 Å². The molecule has 0 aromatic carbocycles. The molecule has 1 fully saturated rings. The molecule has 8 heteroatoms. The van der Waals surface area contributed by atoms with Crippen molar-refractivity contribution in [1.82, 2.24) is 24.6 Å². The van der Waals surface area contributed by atoms with Crippen LogP contribution in [0.1, 0.15) is 12.1 Å². The SMILES string of the molecule is O=C(Nc1ccc(-n2cccn2)nc1)C1CC(=O)N(Cc2ccccn2)C1. The molecule has 0 spiro atoms. The molecule has 0 bridgehead atoms. The Labute approximate surface area is 155 Å². The van der Waals surface area contributed by atoms with Crippen LogP contribution in [0.4, 0.5) is 5.69 Å². The maximum atomic E-state index is 12.5. The van der Waals surface area contributed by atoms with Gasteiger partial charge in [-0.25, -0.2) is 9.67 Å². The van der Waals surface area contributed by atoms with Crippen LogP contribution < -0.4 is 5.32 Å². The zero-order valence-corrected chi connectivity index (χ0v) is 14.5. The number of pyridine rings is 2. The first-order chi connectivity index (χ1) is 13.2. The average Bonchev–Trinajstić information content (AvgIpc) is 3.34. The number of anilines is 1. The van der Waals surface area contributed by atoms with E-state index in [1.165, 1.54) is 0 Å². The van der Waals surface area contributed by atoms with E-state index in [0.717, 1.165) is 5.69 Å². The number of hydrogen-bond donors (Lipinski definition) is 1. The highest BCUT2D eigenvalue weighted by Gasteiger charge is 2.34. The van der Waals surface area contributed by atoms with Gasteiger partial charge in [-0.3, -0.25) is 14.6 Å². The van der Waals surface area contributed by atoms with Crippen molar-refractivity contribution in [1.29, 1.82) is 0 Å². The molecule has 4 rings (SSSR count). The van der Waals surface area contributed by atoms with Crippen LogP contribution in [0.3, 0.4) is 0 Å². The number of carbonyl (C=O) groups is 2. The summed E-state index contributed by atoms with van der Waals surface area (Å²) in [5.41, 5.74) is 1.40. The van der Waals surface area contributed by atoms with Gasteiger partial charge in [0.15, 0.2) is 5.82 Å². The second kappa shape index (κ2) is 7.36. The average molecular weight is 362 g/mol. The van der Waals surface area contributed by atoms with E-state index in [1.54, 1.807) is 46.5 Å². The third-order valence-corrected chi connectivity index (χ3v) is 4.42. The van der Waals surface area contributed by atoms with Crippen molar-refractivity contribution in [3.63, 3.8) is 0 Å². The topological polar surface area (TPSA) is 93.0 Å². The Bertz CT molecular complexity index is 925. The molecule has 3 aromatic rings. The highest BCUT2D eigenvalue weighted by Crippen LogP contribution is 2.21. The molecular formula is C19H18N6O2. The maximum Gasteiger partial charge on any atom is 0.229 e. The predicted molar refractivity (Wildman–Crippen MR) is 97.7 cm³/mol. The molecule has 0 radical (unpaired) electrons. The van der Waals surface area contributed by atoms with Crippen LogP contribution in [-0.4, -0.2) is 43.0 Å². The highest BCUT2D eigenvalue weighted by molar-refractivity contribution is 5.97. The molecule has 2 amide bonds. The lowest BCUT2D eigenvalue weighted by Gasteiger charge is -2.16. The number of nitrogens with zero attached hydrogens (tertiary/aromatic N) is 5. The Morgan fingerprint density at radius 3 is 2.78 bits per heavy atom. The van der Waals surface area contributed by atoms with Crippen LogP contribution in [0.5, 0.6) is 0 Å². The number of carbonyl (C=O) groups excluding carboxylic acids is 2. The van der Waals surface area contributed by atoms with E-state index in [0.29, 0.717) is 24.6 Å². The smallest absolute Gasteiger partial charge is 0.229 e. The quantitative estimate of drug-likeness (QED) is 0.745. The fraction of sp³-hybridized carbons (Fsp3) is 0.211. The normalized spacial score (nSPS) is 16.5. The maximum absolute atomic E-state index is 12.5. The van der Waals surface area contributed by atoms with E-state index < -0.39 is 0 Å². The van der Waals surface area contributed by atoms with Gasteiger partial charge in [-0.2, -0.15) is 5.10 Å². The molecule has 136 valence electrons. The minimum atomic E-state index is -0.382. The Morgan fingerprint density at radius 1 is 1.15 bits per heavy atom. The van der Waals surface area contributed by atoms with Crippen molar-refractivity contribution in [3.05, 3.63) is 66.9 Å². The Kier molecular flexibility index (Phi) is 4.61. The number of nitrogens with one attached hydrogen (secondary N) is 1. The van der Waals surface area contributed by atoms with E-state index in [4.69, 9.17) is 0 Å². The number of likely N-dealkylation sites (tertiary alicyclic amines) is 1. The third kappa shape index (κ3) is 3.84. The van der Waals surface area contributed by atoms with Gasteiger partial charge in [-0.15, -0.1) is 0 Å². The van der Waals surface area contributed by atoms with Gasteiger partial charge >= 0.3 is 0 Å². The van der Waals surface area contributed by atoms with Gasteiger partial charge in [-0.05, 0) is 30.3 Å². The zero-order valence-electron chi connectivity index (χ0n) is 14.5. The van der Waals surface area contributed by atoms with Gasteiger partial charge in [-0.1, -0.05) is 6.07 Å². The molecule has 0 saturated carbocycles. The fourth-order valence-electron chi connectivity index (χ4n) is 3.03. The third-order valence-electron chi connectivity index (χ3n) is 4.42. The Hall–Kier alpha value is -3.55. The standard InChI is InChI=1S/C19H18N6O2/c26-18-10-14(12-24(18)13-16-4-1-2-7-20-16)19(27)23-15-5-6-17(21-11-15)25-9-3-8-22-25/h1-9,11,14H,10,12-13H2,(H,23,27). The van der Waals surface area contributed by atoms with Gasteiger partial charge in [0.2, 0.25) is 11.8 Å². The summed E-state index contributed by atoms with van der Waals surface area (Å²) in [6.07, 6.45) is 6.95. The molecular weight excluding hydrogens is 344 g/mol. The van der Waals surface area contributed by atoms with Crippen LogP contribution in [0.2, 0.25) is 0 Å². The first kappa shape index (κ1) is 16.9. The van der Waals surface area contributed by atoms with E-state index >= 15 is 0 Å². The molecule has 8 nitrogen and oxygen atoms in total. The summed E-state index contributed by atoms with van der Waals surface area (Å²) >= 11 is 0. The zero-order chi connectivity index (χ0) is 18.6. The monoisotopic (exact) mass is 362 g/mol. The van der Waals surface area contributed by atoms with Gasteiger partial charge in [0.1, 0.15) is 0 Å². The van der Waals surface area contributed by atoms with Crippen LogP contribution >= 0.6 is 0 Å². The fourth-order valence-corrected chi connectivity index (χ4v) is 3.03. The molecule has 1 aliphatic rings. The van der Waals surface area contributed by atoms with Crippen molar-refractivity contribution in [3.8, 4) is 5.82 Å². The summed E-state index contributed by atoms with van der Waals surface area (Å²) in [4.78, 5) is 34.9. The van der Waals surface area contributed by atoms with Crippen LogP contribution in [0, 0.1) is 5.92 Å². The molecule has 1 atom stereocenters. The first-order valence-corrected chi connectivity index (χ1v) is 8.63. The molecule has 0 aliphatic carbocycles. The molecule has 1 N–H and O–H groups in total. The van der Waals surface area contributed by atoms with Crippen molar-refractivity contribution >= 4 is 17.5 Å². The number of amides is 2. The summed E-state index contributed by atoms with van der Waals surface area (Å²) < 4.78 is 1.64. The molecule has 27 heavy (non-hydrogen) atoms. The number of hydrogen-bond acceptors (Lipinski definition) is 5. The van der Waals surface area contributed by atoms with Gasteiger partial charge in [0, 0.05) is 31.6 Å². The minimum absolute atomic E-state index is 0.0343. The van der Waals surface area contributed by atoms with Crippen molar-refractivity contribution in [2.75, 3.05) is 11.9 Å². The lowest BCUT2D eigenvalue weighted by atomic mass is 10.1. The minimum Gasteiger partial charge on any atom is -0.336 e. The van der Waals surface area contributed by atoms with Crippen molar-refractivity contribution < 1.29 is 9.59 Å². The van der Waals surface area contributed by atoms with Gasteiger partial charge in [0.05, 0.1) is 30.0 Å². The van der Waals surface area contributed by atoms with E-state index in [2.05, 4.69) is 20.4 Å². The first-order valence-electron chi connectivity index (χ1n) is 8.63. The second-order valence-electron chi connectivity index (χ2n) is 6.34. The lowest BCUT2D eigenvalue weighted by molar-refractivity contribution is -0.128. The molecule has 1 unspecified atom stereocenters. The summed E-state index contributed by atoms with van der Waals surface area (Å²) in [7, 11) is 0. The summed E-state index contributed by atoms with van der Waals surface area (Å²) in [6, 6.07) is 10.9. The largest absolute Gasteiger partial charge is 0.336 e. The highest BCUT2D eigenvalue weighted by atomic mass is 16.2. The van der Waals surface area contributed by atoms with Crippen LogP contribution in [0.25, 0.3) is 5.82 Å².